The Hall–Kier alpha value is -4.37. The average molecular weight is 851 g/mol. The molecule has 6 bridgehead atoms. The van der Waals surface area contributed by atoms with Crippen molar-refractivity contribution in [2.45, 2.75) is 117 Å². The number of methoxy groups -OCH3 is 1. The topological polar surface area (TPSA) is 134 Å². The number of benzene rings is 1. The maximum Gasteiger partial charge on any atom is 0.324 e. The Morgan fingerprint density at radius 3 is 2.74 bits per heavy atom. The molecule has 2 N–H and O–H groups in total. The Bertz CT molecular complexity index is 2300. The van der Waals surface area contributed by atoms with Crippen molar-refractivity contribution in [1.29, 1.82) is 0 Å². The molecule has 0 spiro atoms. The SMILES string of the molecule is CCn1c(-c2cc(N3CCN4CCCC[C@@H]4C3)cnc2[C@H](C)OC)c2c3cc(ccc31)-c1csc(n1)C[C@H](NC(=O)[C@H]1C[C@@H]1C)C(=O)N1CCC[C@H](N1)C(=O)OCC(C)(C)C2. The summed E-state index contributed by atoms with van der Waals surface area (Å²) in [6.07, 6.45) is 8.47. The molecule has 1 aliphatic carbocycles. The third-order valence-electron chi connectivity index (χ3n) is 13.9. The molecule has 4 fully saturated rings. The van der Waals surface area contributed by atoms with Gasteiger partial charge in [0.2, 0.25) is 5.91 Å². The fourth-order valence-electron chi connectivity index (χ4n) is 10.1. The first-order valence-electron chi connectivity index (χ1n) is 22.6. The van der Waals surface area contributed by atoms with E-state index >= 15 is 0 Å². The summed E-state index contributed by atoms with van der Waals surface area (Å²) in [5.74, 6) is -0.548. The lowest BCUT2D eigenvalue weighted by Gasteiger charge is -2.45. The Morgan fingerprint density at radius 1 is 1.11 bits per heavy atom. The monoisotopic (exact) mass is 850 g/mol. The Labute approximate surface area is 363 Å². The van der Waals surface area contributed by atoms with Gasteiger partial charge in [-0.2, -0.15) is 0 Å². The zero-order chi connectivity index (χ0) is 42.6. The van der Waals surface area contributed by atoms with E-state index in [1.54, 1.807) is 7.11 Å². The normalized spacial score (nSPS) is 26.4. The van der Waals surface area contributed by atoms with Crippen molar-refractivity contribution in [3.05, 3.63) is 52.1 Å². The molecule has 5 aliphatic rings. The van der Waals surface area contributed by atoms with E-state index in [4.69, 9.17) is 19.4 Å². The number of hydrogen-bond acceptors (Lipinski definition) is 11. The number of nitrogens with one attached hydrogen (secondary N) is 2. The van der Waals surface area contributed by atoms with E-state index < -0.39 is 17.5 Å². The van der Waals surface area contributed by atoms with Crippen LogP contribution in [-0.2, 0) is 43.2 Å². The number of aryl methyl sites for hydroxylation is 1. The van der Waals surface area contributed by atoms with Crippen LogP contribution in [0.5, 0.6) is 0 Å². The number of thiazole rings is 1. The van der Waals surface area contributed by atoms with Crippen LogP contribution < -0.4 is 15.6 Å². The summed E-state index contributed by atoms with van der Waals surface area (Å²) in [5, 5.41) is 8.51. The maximum absolute atomic E-state index is 14.2. The molecule has 4 aliphatic heterocycles. The fraction of sp³-hybridized carbons (Fsp3) is 0.596. The summed E-state index contributed by atoms with van der Waals surface area (Å²) < 4.78 is 14.6. The summed E-state index contributed by atoms with van der Waals surface area (Å²) in [5.41, 5.74) is 11.0. The number of aromatic nitrogens is 3. The van der Waals surface area contributed by atoms with Gasteiger partial charge in [0.1, 0.15) is 12.1 Å². The Kier molecular flexibility index (Phi) is 11.7. The van der Waals surface area contributed by atoms with Crippen LogP contribution in [0.3, 0.4) is 0 Å². The predicted octanol–water partition coefficient (Wildman–Crippen LogP) is 6.53. The van der Waals surface area contributed by atoms with Gasteiger partial charge in [0, 0.05) is 91.0 Å². The number of carbonyl (C=O) groups excluding carboxylic acids is 3. The second-order valence-electron chi connectivity index (χ2n) is 18.9. The number of fused-ring (bicyclic) bond motifs is 7. The van der Waals surface area contributed by atoms with Crippen molar-refractivity contribution in [3.63, 3.8) is 0 Å². The van der Waals surface area contributed by atoms with Gasteiger partial charge in [-0.25, -0.2) is 10.4 Å². The number of pyridine rings is 1. The second-order valence-corrected chi connectivity index (χ2v) is 19.9. The number of cyclic esters (lactones) is 1. The Balaban J connectivity index is 1.16. The van der Waals surface area contributed by atoms with Gasteiger partial charge in [-0.15, -0.1) is 11.3 Å². The van der Waals surface area contributed by atoms with Crippen LogP contribution in [0.25, 0.3) is 33.4 Å². The zero-order valence-corrected chi connectivity index (χ0v) is 37.5. The van der Waals surface area contributed by atoms with Crippen molar-refractivity contribution < 1.29 is 23.9 Å². The van der Waals surface area contributed by atoms with Gasteiger partial charge in [0.25, 0.3) is 5.91 Å². The first-order chi connectivity index (χ1) is 29.4. The van der Waals surface area contributed by atoms with Crippen LogP contribution in [0.4, 0.5) is 5.69 Å². The van der Waals surface area contributed by atoms with Gasteiger partial charge in [0.15, 0.2) is 0 Å². The highest BCUT2D eigenvalue weighted by Gasteiger charge is 2.42. The summed E-state index contributed by atoms with van der Waals surface area (Å²) in [6.45, 7) is 16.2. The summed E-state index contributed by atoms with van der Waals surface area (Å²) in [4.78, 5) is 56.8. The minimum Gasteiger partial charge on any atom is -0.464 e. The molecule has 2 amide bonds. The van der Waals surface area contributed by atoms with E-state index in [1.807, 2.05) is 6.20 Å². The summed E-state index contributed by atoms with van der Waals surface area (Å²) >= 11 is 1.50. The van der Waals surface area contributed by atoms with Crippen molar-refractivity contribution in [1.82, 2.24) is 35.2 Å². The van der Waals surface area contributed by atoms with Crippen LogP contribution in [-0.4, -0.2) is 107 Å². The molecule has 4 aromatic rings. The quantitative estimate of drug-likeness (QED) is 0.198. The number of carbonyl (C=O) groups is 3. The van der Waals surface area contributed by atoms with Gasteiger partial charge in [-0.05, 0) is 88.6 Å². The molecular formula is C47H62N8O5S. The number of amides is 2. The third kappa shape index (κ3) is 8.45. The Morgan fingerprint density at radius 2 is 1.95 bits per heavy atom. The molecule has 7 heterocycles. The number of ether oxygens (including phenoxy) is 2. The van der Waals surface area contributed by atoms with Crippen LogP contribution in [0.15, 0.2) is 35.8 Å². The van der Waals surface area contributed by atoms with Gasteiger partial charge in [-0.3, -0.25) is 29.3 Å². The molecule has 0 radical (unpaired) electrons. The van der Waals surface area contributed by atoms with E-state index in [9.17, 15) is 14.4 Å². The molecule has 1 aromatic carbocycles. The number of nitrogens with zero attached hydrogens (tertiary/aromatic N) is 6. The number of hydrogen-bond donors (Lipinski definition) is 2. The molecule has 61 heavy (non-hydrogen) atoms. The van der Waals surface area contributed by atoms with E-state index in [1.165, 1.54) is 47.7 Å². The minimum absolute atomic E-state index is 0.0892. The van der Waals surface area contributed by atoms with Crippen LogP contribution in [0.2, 0.25) is 0 Å². The predicted molar refractivity (Wildman–Crippen MR) is 238 cm³/mol. The van der Waals surface area contributed by atoms with E-state index in [0.717, 1.165) is 82.4 Å². The number of rotatable bonds is 7. The summed E-state index contributed by atoms with van der Waals surface area (Å²) in [6, 6.07) is 8.00. The number of esters is 1. The number of piperidine rings is 1. The third-order valence-corrected chi connectivity index (χ3v) is 14.7. The highest BCUT2D eigenvalue weighted by Crippen LogP contribution is 2.43. The largest absolute Gasteiger partial charge is 0.464 e. The lowest BCUT2D eigenvalue weighted by Crippen LogP contribution is -2.60. The van der Waals surface area contributed by atoms with Gasteiger partial charge in [-0.1, -0.05) is 33.3 Å². The van der Waals surface area contributed by atoms with Gasteiger partial charge in [0.05, 0.1) is 46.7 Å². The number of piperazine rings is 1. The van der Waals surface area contributed by atoms with E-state index in [-0.39, 0.29) is 42.8 Å². The van der Waals surface area contributed by atoms with Crippen LogP contribution >= 0.6 is 11.3 Å². The molecule has 9 rings (SSSR count). The molecule has 14 heteroatoms. The van der Waals surface area contributed by atoms with Crippen molar-refractivity contribution in [2.75, 3.05) is 51.3 Å². The van der Waals surface area contributed by atoms with Crippen LogP contribution in [0.1, 0.15) is 95.5 Å². The zero-order valence-electron chi connectivity index (χ0n) is 36.7. The molecule has 1 saturated carbocycles. The molecule has 3 aromatic heterocycles. The lowest BCUT2D eigenvalue weighted by molar-refractivity contribution is -0.155. The highest BCUT2D eigenvalue weighted by molar-refractivity contribution is 7.10. The fourth-order valence-corrected chi connectivity index (χ4v) is 11.0. The number of hydrazine groups is 1. The molecule has 13 nitrogen and oxygen atoms in total. The number of anilines is 1. The minimum atomic E-state index is -0.825. The first kappa shape index (κ1) is 42.0. The molecular weight excluding hydrogens is 789 g/mol. The van der Waals surface area contributed by atoms with E-state index in [0.29, 0.717) is 37.8 Å². The molecule has 6 atom stereocenters. The molecule has 3 saturated heterocycles. The smallest absolute Gasteiger partial charge is 0.324 e. The lowest BCUT2D eigenvalue weighted by atomic mass is 9.84. The molecule has 326 valence electrons. The first-order valence-corrected chi connectivity index (χ1v) is 23.5. The average Bonchev–Trinajstić information content (AvgIpc) is 3.70. The van der Waals surface area contributed by atoms with Gasteiger partial charge < -0.3 is 24.3 Å². The maximum atomic E-state index is 14.2. The van der Waals surface area contributed by atoms with E-state index in [2.05, 4.69) is 89.4 Å². The van der Waals surface area contributed by atoms with Crippen molar-refractivity contribution >= 4 is 45.7 Å². The van der Waals surface area contributed by atoms with Crippen LogP contribution in [0, 0.1) is 17.3 Å². The molecule has 0 unspecified atom stereocenters. The van der Waals surface area contributed by atoms with Gasteiger partial charge >= 0.3 is 5.97 Å². The standard InChI is InChI=1S/C47H62N8O5S/c1-7-54-40-14-13-30-20-34(40)36(43(54)35-21-32(24-48-42(35)29(3)59-6)53-18-17-52-15-9-8-11-31(52)25-53)23-47(4,5)27-60-46(58)37-12-10-16-55(51-37)45(57)38(22-41-49-39(30)26-61-41)50-44(56)33-19-28(33)2/h13-14,20-21,24,26,28-29,31,33,37-38,51H,7-12,15-19,22-23,25,27H2,1-6H3,(H,50,56)/t28-,29-,31+,33-,37-,38-/m0/s1. The summed E-state index contributed by atoms with van der Waals surface area (Å²) in [7, 11) is 1.74. The van der Waals surface area contributed by atoms with Crippen molar-refractivity contribution in [2.24, 2.45) is 17.3 Å². The van der Waals surface area contributed by atoms with Crippen molar-refractivity contribution in [3.8, 4) is 22.5 Å². The highest BCUT2D eigenvalue weighted by atomic mass is 32.1. The second kappa shape index (κ2) is 17.1.